The Morgan fingerprint density at radius 2 is 1.36 bits per heavy atom. The number of aliphatic carboxylic acids is 2. The first kappa shape index (κ1) is 27.8. The van der Waals surface area contributed by atoms with Crippen molar-refractivity contribution in [3.05, 3.63) is 0 Å². The van der Waals surface area contributed by atoms with Crippen molar-refractivity contribution in [1.29, 1.82) is 0 Å². The number of carboxylic acid groups (broad SMARTS) is 2. The normalized spacial score (nSPS) is 13.2. The van der Waals surface area contributed by atoms with Gasteiger partial charge in [-0.25, -0.2) is 4.79 Å². The van der Waals surface area contributed by atoms with Crippen LogP contribution in [0.2, 0.25) is 0 Å². The molecule has 164 valence electrons. The maximum Gasteiger partial charge on any atom is 0.490 e. The molecule has 0 radical (unpaired) electrons. The fourth-order valence-electron chi connectivity index (χ4n) is 1.88. The SMILES string of the molecule is CC(C)C[C@H](NC(=O)[C@@H](N)CC(C)C)C(=O)NCC(=O)O.O=C(O)C(F)(F)F. The molecule has 2 atom stereocenters. The van der Waals surface area contributed by atoms with Gasteiger partial charge in [-0.05, 0) is 24.7 Å². The Labute approximate surface area is 160 Å². The summed E-state index contributed by atoms with van der Waals surface area (Å²) in [6.07, 6.45) is -4.14. The first-order valence-electron chi connectivity index (χ1n) is 8.43. The summed E-state index contributed by atoms with van der Waals surface area (Å²) in [5.74, 6) is -4.33. The van der Waals surface area contributed by atoms with Crippen LogP contribution < -0.4 is 16.4 Å². The lowest BCUT2D eigenvalue weighted by molar-refractivity contribution is -0.192. The van der Waals surface area contributed by atoms with E-state index in [2.05, 4.69) is 10.6 Å². The predicted octanol–water partition coefficient (Wildman–Crippen LogP) is 0.725. The molecular weight excluding hydrogens is 387 g/mol. The van der Waals surface area contributed by atoms with Crippen LogP contribution in [0.1, 0.15) is 40.5 Å². The van der Waals surface area contributed by atoms with E-state index in [0.717, 1.165) is 0 Å². The zero-order valence-corrected chi connectivity index (χ0v) is 16.2. The molecule has 12 heteroatoms. The minimum Gasteiger partial charge on any atom is -0.480 e. The third kappa shape index (κ3) is 14.8. The smallest absolute Gasteiger partial charge is 0.480 e. The molecule has 0 rings (SSSR count). The largest absolute Gasteiger partial charge is 0.490 e. The van der Waals surface area contributed by atoms with E-state index in [1.807, 2.05) is 27.7 Å². The summed E-state index contributed by atoms with van der Waals surface area (Å²) in [6, 6.07) is -1.44. The number of alkyl halides is 3. The Morgan fingerprint density at radius 3 is 1.68 bits per heavy atom. The molecule has 0 aromatic rings. The highest BCUT2D eigenvalue weighted by Crippen LogP contribution is 2.13. The number of rotatable bonds is 9. The van der Waals surface area contributed by atoms with Gasteiger partial charge in [-0.2, -0.15) is 13.2 Å². The Kier molecular flexibility index (Phi) is 12.8. The lowest BCUT2D eigenvalue weighted by Crippen LogP contribution is -2.52. The average Bonchev–Trinajstić information content (AvgIpc) is 2.50. The molecule has 0 saturated carbocycles. The third-order valence-corrected chi connectivity index (χ3v) is 3.06. The van der Waals surface area contributed by atoms with Crippen LogP contribution in [-0.4, -0.2) is 58.8 Å². The first-order chi connectivity index (χ1) is 12.6. The number of carbonyl (C=O) groups excluding carboxylic acids is 2. The zero-order chi connectivity index (χ0) is 22.7. The Hall–Kier alpha value is -2.37. The highest BCUT2D eigenvalue weighted by atomic mass is 19.4. The summed E-state index contributed by atoms with van der Waals surface area (Å²) in [5.41, 5.74) is 5.78. The van der Waals surface area contributed by atoms with E-state index in [1.54, 1.807) is 0 Å². The minimum absolute atomic E-state index is 0.173. The second-order valence-electron chi connectivity index (χ2n) is 6.84. The molecular formula is C16H28F3N3O6. The van der Waals surface area contributed by atoms with Gasteiger partial charge in [0.05, 0.1) is 6.04 Å². The topological polar surface area (TPSA) is 159 Å². The summed E-state index contributed by atoms with van der Waals surface area (Å²) in [6.45, 7) is 7.27. The summed E-state index contributed by atoms with van der Waals surface area (Å²) < 4.78 is 31.7. The highest BCUT2D eigenvalue weighted by molar-refractivity contribution is 5.90. The molecule has 6 N–H and O–H groups in total. The molecule has 0 aliphatic heterocycles. The third-order valence-electron chi connectivity index (χ3n) is 3.06. The number of carboxylic acids is 2. The zero-order valence-electron chi connectivity index (χ0n) is 16.2. The molecule has 0 aromatic carbocycles. The van der Waals surface area contributed by atoms with Crippen molar-refractivity contribution in [2.45, 2.75) is 58.8 Å². The van der Waals surface area contributed by atoms with Gasteiger partial charge in [0.1, 0.15) is 12.6 Å². The van der Waals surface area contributed by atoms with Crippen LogP contribution in [0.5, 0.6) is 0 Å². The maximum atomic E-state index is 12.0. The van der Waals surface area contributed by atoms with Gasteiger partial charge in [0.15, 0.2) is 0 Å². The van der Waals surface area contributed by atoms with Crippen molar-refractivity contribution in [2.24, 2.45) is 17.6 Å². The molecule has 0 unspecified atom stereocenters. The summed E-state index contributed by atoms with van der Waals surface area (Å²) >= 11 is 0. The van der Waals surface area contributed by atoms with E-state index in [-0.39, 0.29) is 17.7 Å². The second kappa shape index (κ2) is 12.9. The number of carbonyl (C=O) groups is 4. The summed E-state index contributed by atoms with van der Waals surface area (Å²) in [7, 11) is 0. The quantitative estimate of drug-likeness (QED) is 0.371. The van der Waals surface area contributed by atoms with Crippen molar-refractivity contribution in [3.8, 4) is 0 Å². The summed E-state index contributed by atoms with van der Waals surface area (Å²) in [4.78, 5) is 43.3. The number of hydrogen-bond acceptors (Lipinski definition) is 5. The number of nitrogens with two attached hydrogens (primary N) is 1. The van der Waals surface area contributed by atoms with Gasteiger partial charge in [0, 0.05) is 0 Å². The second-order valence-corrected chi connectivity index (χ2v) is 6.84. The molecule has 0 aliphatic rings. The van der Waals surface area contributed by atoms with Gasteiger partial charge in [-0.3, -0.25) is 14.4 Å². The van der Waals surface area contributed by atoms with Crippen LogP contribution >= 0.6 is 0 Å². The molecule has 0 heterocycles. The predicted molar refractivity (Wildman–Crippen MR) is 93.2 cm³/mol. The maximum absolute atomic E-state index is 12.0. The van der Waals surface area contributed by atoms with Gasteiger partial charge in [0.2, 0.25) is 11.8 Å². The lowest BCUT2D eigenvalue weighted by atomic mass is 10.0. The molecule has 0 bridgehead atoms. The van der Waals surface area contributed by atoms with Crippen molar-refractivity contribution in [3.63, 3.8) is 0 Å². The Morgan fingerprint density at radius 1 is 0.929 bits per heavy atom. The van der Waals surface area contributed by atoms with E-state index in [1.165, 1.54) is 0 Å². The van der Waals surface area contributed by atoms with Gasteiger partial charge < -0.3 is 26.6 Å². The standard InChI is InChI=1S/C14H27N3O4.C2HF3O2/c1-8(2)5-10(15)13(20)17-11(6-9(3)4)14(21)16-7-12(18)19;3-2(4,5)1(6)7/h8-11H,5-7,15H2,1-4H3,(H,16,21)(H,17,20)(H,18,19);(H,6,7)/t10-,11-;/m0./s1. The van der Waals surface area contributed by atoms with Crippen LogP contribution in [0.3, 0.4) is 0 Å². The monoisotopic (exact) mass is 415 g/mol. The molecule has 0 fully saturated rings. The lowest BCUT2D eigenvalue weighted by Gasteiger charge is -2.22. The summed E-state index contributed by atoms with van der Waals surface area (Å²) in [5, 5.41) is 20.6. The van der Waals surface area contributed by atoms with Gasteiger partial charge >= 0.3 is 18.1 Å². The van der Waals surface area contributed by atoms with E-state index >= 15 is 0 Å². The minimum atomic E-state index is -5.08. The van der Waals surface area contributed by atoms with E-state index in [0.29, 0.717) is 12.8 Å². The number of hydrogen-bond donors (Lipinski definition) is 5. The molecule has 9 nitrogen and oxygen atoms in total. The van der Waals surface area contributed by atoms with Gasteiger partial charge in [-0.15, -0.1) is 0 Å². The highest BCUT2D eigenvalue weighted by Gasteiger charge is 2.38. The van der Waals surface area contributed by atoms with Crippen molar-refractivity contribution >= 4 is 23.8 Å². The molecule has 0 spiro atoms. The van der Waals surface area contributed by atoms with Crippen molar-refractivity contribution in [1.82, 2.24) is 10.6 Å². The van der Waals surface area contributed by atoms with Gasteiger partial charge in [0.25, 0.3) is 0 Å². The van der Waals surface area contributed by atoms with E-state index in [9.17, 15) is 27.6 Å². The van der Waals surface area contributed by atoms with E-state index in [4.69, 9.17) is 20.7 Å². The number of nitrogens with one attached hydrogen (secondary N) is 2. The number of halogens is 3. The molecule has 28 heavy (non-hydrogen) atoms. The molecule has 0 saturated heterocycles. The Balaban J connectivity index is 0. The fraction of sp³-hybridized carbons (Fsp3) is 0.750. The molecule has 0 aliphatic carbocycles. The molecule has 2 amide bonds. The van der Waals surface area contributed by atoms with Crippen molar-refractivity contribution < 1.29 is 42.6 Å². The van der Waals surface area contributed by atoms with Crippen LogP contribution in [0, 0.1) is 11.8 Å². The van der Waals surface area contributed by atoms with Crippen molar-refractivity contribution in [2.75, 3.05) is 6.54 Å². The van der Waals surface area contributed by atoms with Crippen LogP contribution in [0.15, 0.2) is 0 Å². The van der Waals surface area contributed by atoms with Gasteiger partial charge in [-0.1, -0.05) is 27.7 Å². The average molecular weight is 415 g/mol. The first-order valence-corrected chi connectivity index (χ1v) is 8.43. The van der Waals surface area contributed by atoms with Crippen LogP contribution in [0.4, 0.5) is 13.2 Å². The Bertz CT molecular complexity index is 538. The number of amides is 2. The molecule has 0 aromatic heterocycles. The van der Waals surface area contributed by atoms with E-state index < -0.39 is 42.7 Å². The fourth-order valence-corrected chi connectivity index (χ4v) is 1.88. The van der Waals surface area contributed by atoms with Crippen LogP contribution in [-0.2, 0) is 19.2 Å². The van der Waals surface area contributed by atoms with Crippen LogP contribution in [0.25, 0.3) is 0 Å².